The second kappa shape index (κ2) is 10.8. The van der Waals surface area contributed by atoms with Crippen LogP contribution in [0.3, 0.4) is 0 Å². The Kier molecular flexibility index (Phi) is 5.90. The van der Waals surface area contributed by atoms with Gasteiger partial charge < -0.3 is 8.98 Å². The van der Waals surface area contributed by atoms with Gasteiger partial charge in [0, 0.05) is 48.4 Å². The zero-order valence-electron chi connectivity index (χ0n) is 28.2. The predicted molar refractivity (Wildman–Crippen MR) is 222 cm³/mol. The molecule has 0 saturated carbocycles. The van der Waals surface area contributed by atoms with Crippen LogP contribution in [0.25, 0.3) is 114 Å². The van der Waals surface area contributed by atoms with E-state index in [0.717, 1.165) is 44.7 Å². The van der Waals surface area contributed by atoms with Gasteiger partial charge in [-0.25, -0.2) is 9.97 Å². The molecule has 5 heteroatoms. The summed E-state index contributed by atoms with van der Waals surface area (Å²) in [6.07, 6.45) is 0. The zero-order valence-corrected chi connectivity index (χ0v) is 29.1. The van der Waals surface area contributed by atoms with Gasteiger partial charge in [0.2, 0.25) is 5.71 Å². The van der Waals surface area contributed by atoms with Crippen LogP contribution < -0.4 is 0 Å². The Balaban J connectivity index is 1.14. The van der Waals surface area contributed by atoms with Gasteiger partial charge in [-0.2, -0.15) is 0 Å². The molecule has 0 aliphatic rings. The Hall–Kier alpha value is -6.82. The summed E-state index contributed by atoms with van der Waals surface area (Å²) in [6, 6.07) is 58.3. The van der Waals surface area contributed by atoms with E-state index in [0.29, 0.717) is 5.71 Å². The molecule has 0 fully saturated rings. The van der Waals surface area contributed by atoms with E-state index < -0.39 is 0 Å². The van der Waals surface area contributed by atoms with E-state index in [4.69, 9.17) is 14.4 Å². The molecule has 0 unspecified atom stereocenters. The Morgan fingerprint density at radius 3 is 1.92 bits per heavy atom. The minimum atomic E-state index is 0.545. The lowest BCUT2D eigenvalue weighted by molar-refractivity contribution is 0.653. The van der Waals surface area contributed by atoms with E-state index in [2.05, 4.69) is 126 Å². The highest BCUT2D eigenvalue weighted by molar-refractivity contribution is 7.27. The van der Waals surface area contributed by atoms with Crippen molar-refractivity contribution < 1.29 is 4.42 Å². The predicted octanol–water partition coefficient (Wildman–Crippen LogP) is 13.5. The van der Waals surface area contributed by atoms with Crippen molar-refractivity contribution in [3.05, 3.63) is 164 Å². The fraction of sp³-hybridized carbons (Fsp3) is 0. The number of thiophene rings is 1. The highest BCUT2D eigenvalue weighted by Crippen LogP contribution is 2.48. The first-order valence-corrected chi connectivity index (χ1v) is 18.6. The summed E-state index contributed by atoms with van der Waals surface area (Å²) in [5, 5.41) is 11.2. The molecule has 0 amide bonds. The van der Waals surface area contributed by atoms with Crippen molar-refractivity contribution in [1.82, 2.24) is 14.5 Å². The molecule has 0 aliphatic carbocycles. The smallest absolute Gasteiger partial charge is 0.246 e. The molecule has 12 rings (SSSR count). The maximum Gasteiger partial charge on any atom is 0.246 e. The number of hydrogen-bond acceptors (Lipinski definition) is 4. The number of nitrogens with zero attached hydrogens (tertiary/aromatic N) is 3. The Morgan fingerprint density at radius 2 is 1.11 bits per heavy atom. The first-order valence-electron chi connectivity index (χ1n) is 17.8. The molecule has 0 spiro atoms. The molecule has 12 aromatic rings. The van der Waals surface area contributed by atoms with E-state index in [1.807, 2.05) is 53.8 Å². The third-order valence-corrected chi connectivity index (χ3v) is 11.9. The number of fused-ring (bicyclic) bond motifs is 14. The summed E-state index contributed by atoms with van der Waals surface area (Å²) in [5.41, 5.74) is 9.25. The normalized spacial score (nSPS) is 12.2. The highest BCUT2D eigenvalue weighted by atomic mass is 32.1. The van der Waals surface area contributed by atoms with Crippen LogP contribution in [0.4, 0.5) is 0 Å². The number of hydrogen-bond donors (Lipinski definition) is 0. The summed E-state index contributed by atoms with van der Waals surface area (Å²) in [5.74, 6) is 0. The van der Waals surface area contributed by atoms with Gasteiger partial charge in [0.25, 0.3) is 0 Å². The summed E-state index contributed by atoms with van der Waals surface area (Å²) in [6.45, 7) is 0. The number of benzene rings is 8. The van der Waals surface area contributed by atoms with Gasteiger partial charge in [-0.15, -0.1) is 11.3 Å². The maximum atomic E-state index is 6.19. The molecule has 4 nitrogen and oxygen atoms in total. The average molecular weight is 694 g/mol. The first kappa shape index (κ1) is 28.8. The fourth-order valence-electron chi connectivity index (χ4n) is 8.42. The molecule has 0 N–H and O–H groups in total. The SMILES string of the molecule is c1ccc(-c2nc3oc4ccccc4c3nc2-c2ccc(-n3c4ccccc4c4c5ccccc5c5c6cc7ccccc7cc6sc5c43)cc2)cc1. The zero-order chi connectivity index (χ0) is 34.6. The van der Waals surface area contributed by atoms with Gasteiger partial charge in [-0.05, 0) is 64.0 Å². The third-order valence-electron chi connectivity index (χ3n) is 10.8. The van der Waals surface area contributed by atoms with Crippen molar-refractivity contribution in [2.24, 2.45) is 0 Å². The van der Waals surface area contributed by atoms with Crippen molar-refractivity contribution in [1.29, 1.82) is 0 Å². The number of furan rings is 1. The minimum Gasteiger partial charge on any atom is -0.436 e. The van der Waals surface area contributed by atoms with Crippen LogP contribution in [0, 0.1) is 0 Å². The number of para-hydroxylation sites is 2. The van der Waals surface area contributed by atoms with Crippen molar-refractivity contribution in [3.8, 4) is 28.2 Å². The monoisotopic (exact) mass is 693 g/mol. The quantitative estimate of drug-likeness (QED) is 0.185. The number of aromatic nitrogens is 3. The lowest BCUT2D eigenvalue weighted by Crippen LogP contribution is -1.96. The number of rotatable bonds is 3. The van der Waals surface area contributed by atoms with Gasteiger partial charge in [0.15, 0.2) is 0 Å². The molecule has 8 aromatic carbocycles. The van der Waals surface area contributed by atoms with Crippen LogP contribution in [0.2, 0.25) is 0 Å². The molecule has 0 aliphatic heterocycles. The second-order valence-corrected chi connectivity index (χ2v) is 14.8. The average Bonchev–Trinajstić information content (AvgIpc) is 3.89. The van der Waals surface area contributed by atoms with Crippen molar-refractivity contribution >= 4 is 97.1 Å². The minimum absolute atomic E-state index is 0.545. The Labute approximate surface area is 306 Å². The van der Waals surface area contributed by atoms with Gasteiger partial charge >= 0.3 is 0 Å². The molecule has 4 heterocycles. The van der Waals surface area contributed by atoms with Crippen molar-refractivity contribution in [2.45, 2.75) is 0 Å². The highest BCUT2D eigenvalue weighted by Gasteiger charge is 2.23. The summed E-state index contributed by atoms with van der Waals surface area (Å²) in [4.78, 5) is 10.3. The molecule has 0 saturated heterocycles. The summed E-state index contributed by atoms with van der Waals surface area (Å²) in [7, 11) is 0. The Morgan fingerprint density at radius 1 is 0.491 bits per heavy atom. The summed E-state index contributed by atoms with van der Waals surface area (Å²) >= 11 is 1.90. The lowest BCUT2D eigenvalue weighted by atomic mass is 9.98. The van der Waals surface area contributed by atoms with Crippen molar-refractivity contribution in [3.63, 3.8) is 0 Å². The van der Waals surface area contributed by atoms with Crippen LogP contribution >= 0.6 is 11.3 Å². The maximum absolute atomic E-state index is 6.19. The van der Waals surface area contributed by atoms with Crippen LogP contribution in [0.15, 0.2) is 168 Å². The van der Waals surface area contributed by atoms with Gasteiger partial charge in [-0.1, -0.05) is 121 Å². The van der Waals surface area contributed by atoms with Gasteiger partial charge in [0.1, 0.15) is 16.8 Å². The van der Waals surface area contributed by atoms with Crippen LogP contribution in [-0.4, -0.2) is 14.5 Å². The largest absolute Gasteiger partial charge is 0.436 e. The molecule has 0 radical (unpaired) electrons. The topological polar surface area (TPSA) is 43.9 Å². The molecule has 4 aromatic heterocycles. The molecular weight excluding hydrogens is 667 g/mol. The summed E-state index contributed by atoms with van der Waals surface area (Å²) < 4.78 is 11.3. The van der Waals surface area contributed by atoms with E-state index in [9.17, 15) is 0 Å². The van der Waals surface area contributed by atoms with E-state index in [-0.39, 0.29) is 0 Å². The first-order chi connectivity index (χ1) is 26.3. The van der Waals surface area contributed by atoms with E-state index in [1.165, 1.54) is 63.5 Å². The standard InChI is InChI=1S/C48H27N3OS/c1-2-12-28(13-3-1)44-43(49-45-36-19-9-11-21-39(36)52-48(45)50-44)29-22-24-32(25-23-29)51-38-20-10-8-18-35(38)41-33-16-6-7-17-34(33)42-37-26-30-14-4-5-15-31(30)27-40(37)53-47(42)46(41)51/h1-27H. The third kappa shape index (κ3) is 4.11. The van der Waals surface area contributed by atoms with E-state index in [1.54, 1.807) is 0 Å². The molecule has 0 bridgehead atoms. The van der Waals surface area contributed by atoms with Crippen molar-refractivity contribution in [2.75, 3.05) is 0 Å². The molecule has 0 atom stereocenters. The molecule has 53 heavy (non-hydrogen) atoms. The lowest BCUT2D eigenvalue weighted by Gasteiger charge is -2.12. The molecular formula is C48H27N3OS. The van der Waals surface area contributed by atoms with Crippen LogP contribution in [0.5, 0.6) is 0 Å². The van der Waals surface area contributed by atoms with E-state index >= 15 is 0 Å². The fourth-order valence-corrected chi connectivity index (χ4v) is 9.71. The molecule has 246 valence electrons. The van der Waals surface area contributed by atoms with Crippen LogP contribution in [-0.2, 0) is 0 Å². The van der Waals surface area contributed by atoms with Gasteiger partial charge in [0.05, 0.1) is 21.4 Å². The van der Waals surface area contributed by atoms with Gasteiger partial charge in [-0.3, -0.25) is 0 Å². The second-order valence-electron chi connectivity index (χ2n) is 13.7. The Bertz CT molecular complexity index is 3450. The van der Waals surface area contributed by atoms with Crippen LogP contribution in [0.1, 0.15) is 0 Å².